The third-order valence-corrected chi connectivity index (χ3v) is 5.73. The molecule has 1 aliphatic rings. The highest BCUT2D eigenvalue weighted by Gasteiger charge is 2.35. The van der Waals surface area contributed by atoms with Crippen molar-refractivity contribution >= 4 is 27.7 Å². The van der Waals surface area contributed by atoms with Crippen molar-refractivity contribution in [1.29, 1.82) is 0 Å². The predicted octanol–water partition coefficient (Wildman–Crippen LogP) is 5.21. The van der Waals surface area contributed by atoms with Gasteiger partial charge in [-0.3, -0.25) is 4.79 Å². The molecule has 0 saturated heterocycles. The van der Waals surface area contributed by atoms with Gasteiger partial charge >= 0.3 is 6.18 Å². The Morgan fingerprint density at radius 2 is 2.00 bits per heavy atom. The van der Waals surface area contributed by atoms with Gasteiger partial charge in [0.1, 0.15) is 11.6 Å². The van der Waals surface area contributed by atoms with Crippen molar-refractivity contribution in [2.24, 2.45) is 0 Å². The number of carbonyl (C=O) groups is 1. The van der Waals surface area contributed by atoms with Crippen LogP contribution < -0.4 is 10.6 Å². The summed E-state index contributed by atoms with van der Waals surface area (Å²) in [6.45, 7) is 1.40. The maximum absolute atomic E-state index is 14.4. The van der Waals surface area contributed by atoms with Crippen LogP contribution in [0.5, 0.6) is 0 Å². The van der Waals surface area contributed by atoms with Gasteiger partial charge in [0.15, 0.2) is 0 Å². The molecular formula is C21H22BrF4N3O2. The van der Waals surface area contributed by atoms with Crippen molar-refractivity contribution in [3.8, 4) is 0 Å². The number of amides is 1. The lowest BCUT2D eigenvalue weighted by molar-refractivity contribution is -0.140. The summed E-state index contributed by atoms with van der Waals surface area (Å²) in [6, 6.07) is 3.17. The molecule has 0 bridgehead atoms. The largest absolute Gasteiger partial charge is 0.419 e. The number of carbonyl (C=O) groups excluding carboxylic acids is 1. The van der Waals surface area contributed by atoms with Crippen LogP contribution in [0.3, 0.4) is 0 Å². The quantitative estimate of drug-likeness (QED) is 0.489. The zero-order valence-corrected chi connectivity index (χ0v) is 18.2. The molecule has 31 heavy (non-hydrogen) atoms. The molecule has 3 rings (SSSR count). The first-order valence-corrected chi connectivity index (χ1v) is 10.6. The van der Waals surface area contributed by atoms with Crippen LogP contribution in [0.1, 0.15) is 60.1 Å². The number of hydrogen-bond donors (Lipinski definition) is 3. The van der Waals surface area contributed by atoms with E-state index in [9.17, 15) is 27.5 Å². The van der Waals surface area contributed by atoms with Crippen LogP contribution in [-0.2, 0) is 6.18 Å². The second kappa shape index (κ2) is 9.52. The number of hydrogen-bond acceptors (Lipinski definition) is 4. The van der Waals surface area contributed by atoms with Crippen LogP contribution in [0, 0.1) is 5.82 Å². The topological polar surface area (TPSA) is 74.2 Å². The summed E-state index contributed by atoms with van der Waals surface area (Å²) in [5.74, 6) is -1.81. The molecule has 10 heteroatoms. The number of nitrogens with one attached hydrogen (secondary N) is 2. The molecule has 1 aromatic heterocycles. The first kappa shape index (κ1) is 23.5. The highest BCUT2D eigenvalue weighted by Crippen LogP contribution is 2.34. The van der Waals surface area contributed by atoms with Gasteiger partial charge in [0, 0.05) is 16.2 Å². The van der Waals surface area contributed by atoms with E-state index in [0.29, 0.717) is 23.4 Å². The Bertz CT molecular complexity index is 955. The first-order valence-electron chi connectivity index (χ1n) is 9.84. The van der Waals surface area contributed by atoms with Crippen molar-refractivity contribution in [1.82, 2.24) is 10.3 Å². The Balaban J connectivity index is 1.83. The SMILES string of the molecule is C[C@@H](NC(=O)c1cc(Br)cnc1N[C@@H]1CCCC[C@H]1O)c1cccc(C(F)(F)F)c1F. The van der Waals surface area contributed by atoms with Gasteiger partial charge < -0.3 is 15.7 Å². The molecule has 1 saturated carbocycles. The third kappa shape index (κ3) is 5.54. The number of aromatic nitrogens is 1. The number of benzene rings is 1. The summed E-state index contributed by atoms with van der Waals surface area (Å²) in [5.41, 5.74) is -1.53. The normalized spacial score (nSPS) is 20.2. The zero-order valence-electron chi connectivity index (χ0n) is 16.6. The van der Waals surface area contributed by atoms with E-state index >= 15 is 0 Å². The highest BCUT2D eigenvalue weighted by molar-refractivity contribution is 9.10. The van der Waals surface area contributed by atoms with Gasteiger partial charge in [-0.2, -0.15) is 13.2 Å². The second-order valence-corrected chi connectivity index (χ2v) is 8.47. The Morgan fingerprint density at radius 3 is 2.68 bits per heavy atom. The fraction of sp³-hybridized carbons (Fsp3) is 0.429. The minimum absolute atomic E-state index is 0.131. The Hall–Kier alpha value is -2.20. The van der Waals surface area contributed by atoms with E-state index in [-0.39, 0.29) is 23.0 Å². The molecule has 3 atom stereocenters. The van der Waals surface area contributed by atoms with E-state index in [4.69, 9.17) is 0 Å². The minimum Gasteiger partial charge on any atom is -0.391 e. The molecule has 5 nitrogen and oxygen atoms in total. The summed E-state index contributed by atoms with van der Waals surface area (Å²) in [4.78, 5) is 17.1. The molecule has 0 spiro atoms. The van der Waals surface area contributed by atoms with Gasteiger partial charge in [-0.05, 0) is 47.8 Å². The highest BCUT2D eigenvalue weighted by atomic mass is 79.9. The number of aliphatic hydroxyl groups excluding tert-OH is 1. The molecule has 0 unspecified atom stereocenters. The van der Waals surface area contributed by atoms with Crippen molar-refractivity contribution in [3.63, 3.8) is 0 Å². The average molecular weight is 504 g/mol. The van der Waals surface area contributed by atoms with Crippen LogP contribution in [0.25, 0.3) is 0 Å². The number of rotatable bonds is 5. The van der Waals surface area contributed by atoms with E-state index in [2.05, 4.69) is 31.5 Å². The molecule has 168 valence electrons. The molecule has 1 aliphatic carbocycles. The Kier molecular flexibility index (Phi) is 7.20. The van der Waals surface area contributed by atoms with Crippen molar-refractivity contribution in [3.05, 3.63) is 57.4 Å². The fourth-order valence-electron chi connectivity index (χ4n) is 3.64. The van der Waals surface area contributed by atoms with Crippen molar-refractivity contribution < 1.29 is 27.5 Å². The molecule has 1 heterocycles. The van der Waals surface area contributed by atoms with E-state index in [1.165, 1.54) is 25.3 Å². The maximum Gasteiger partial charge on any atom is 0.419 e. The van der Waals surface area contributed by atoms with E-state index < -0.39 is 35.6 Å². The van der Waals surface area contributed by atoms with Crippen LogP contribution >= 0.6 is 15.9 Å². The lowest BCUT2D eigenvalue weighted by Crippen LogP contribution is -2.37. The number of pyridine rings is 1. The lowest BCUT2D eigenvalue weighted by atomic mass is 9.92. The van der Waals surface area contributed by atoms with Gasteiger partial charge in [0.05, 0.1) is 29.3 Å². The molecule has 0 aliphatic heterocycles. The summed E-state index contributed by atoms with van der Waals surface area (Å²) < 4.78 is 54.0. The summed E-state index contributed by atoms with van der Waals surface area (Å²) in [6.07, 6.45) is -0.722. The third-order valence-electron chi connectivity index (χ3n) is 5.30. The zero-order chi connectivity index (χ0) is 22.8. The average Bonchev–Trinajstić information content (AvgIpc) is 2.70. The number of aliphatic hydroxyl groups is 1. The maximum atomic E-state index is 14.4. The standard InChI is InChI=1S/C21H22BrF4N3O2/c1-11(13-5-4-6-15(18(13)23)21(24,25)26)28-20(31)14-9-12(22)10-27-19(14)29-16-7-2-3-8-17(16)30/h4-6,9-11,16-17,30H,2-3,7-8H2,1H3,(H,27,29)(H,28,31)/t11-,16-,17-/m1/s1. The second-order valence-electron chi connectivity index (χ2n) is 7.55. The molecule has 0 radical (unpaired) electrons. The van der Waals surface area contributed by atoms with Gasteiger partial charge in [0.2, 0.25) is 0 Å². The summed E-state index contributed by atoms with van der Waals surface area (Å²) >= 11 is 3.25. The number of halogens is 5. The molecule has 2 aromatic rings. The fourth-order valence-corrected chi connectivity index (χ4v) is 3.97. The van der Waals surface area contributed by atoms with Crippen molar-refractivity contribution in [2.45, 2.75) is 57.0 Å². The van der Waals surface area contributed by atoms with Gasteiger partial charge in [0.25, 0.3) is 5.91 Å². The summed E-state index contributed by atoms with van der Waals surface area (Å²) in [7, 11) is 0. The van der Waals surface area contributed by atoms with Crippen LogP contribution in [0.4, 0.5) is 23.4 Å². The van der Waals surface area contributed by atoms with Crippen LogP contribution in [-0.4, -0.2) is 28.1 Å². The molecule has 3 N–H and O–H groups in total. The van der Waals surface area contributed by atoms with Crippen LogP contribution in [0.2, 0.25) is 0 Å². The molecule has 1 aromatic carbocycles. The molecule has 1 fully saturated rings. The predicted molar refractivity (Wildman–Crippen MR) is 111 cm³/mol. The van der Waals surface area contributed by atoms with E-state index in [1.807, 2.05) is 0 Å². The molecular weight excluding hydrogens is 482 g/mol. The number of alkyl halides is 3. The number of nitrogens with zero attached hydrogens (tertiary/aromatic N) is 1. The van der Waals surface area contributed by atoms with Crippen molar-refractivity contribution in [2.75, 3.05) is 5.32 Å². The monoisotopic (exact) mass is 503 g/mol. The van der Waals surface area contributed by atoms with E-state index in [0.717, 1.165) is 18.9 Å². The summed E-state index contributed by atoms with van der Waals surface area (Å²) in [5, 5.41) is 15.8. The first-order chi connectivity index (χ1) is 14.6. The minimum atomic E-state index is -4.84. The Labute approximate surface area is 185 Å². The van der Waals surface area contributed by atoms with Gasteiger partial charge in [-0.1, -0.05) is 25.0 Å². The van der Waals surface area contributed by atoms with Crippen LogP contribution in [0.15, 0.2) is 34.9 Å². The van der Waals surface area contributed by atoms with Gasteiger partial charge in [-0.25, -0.2) is 9.37 Å². The lowest BCUT2D eigenvalue weighted by Gasteiger charge is -2.29. The molecule has 1 amide bonds. The smallest absolute Gasteiger partial charge is 0.391 e. The van der Waals surface area contributed by atoms with Gasteiger partial charge in [-0.15, -0.1) is 0 Å². The number of anilines is 1. The Morgan fingerprint density at radius 1 is 1.29 bits per heavy atom. The van der Waals surface area contributed by atoms with E-state index in [1.54, 1.807) is 0 Å².